The average molecular weight is 372 g/mol. The maximum absolute atomic E-state index is 12.3. The Morgan fingerprint density at radius 2 is 1.88 bits per heavy atom. The molecule has 2 aromatic carbocycles. The smallest absolute Gasteiger partial charge is 0.263 e. The first-order valence-corrected chi connectivity index (χ1v) is 9.09. The number of hydrogen-bond donors (Lipinski definition) is 1. The molecule has 3 aromatic rings. The Morgan fingerprint density at radius 1 is 1.16 bits per heavy atom. The second kappa shape index (κ2) is 8.14. The molecule has 0 saturated carbocycles. The van der Waals surface area contributed by atoms with Gasteiger partial charge in [-0.15, -0.1) is 11.3 Å². The topological polar surface area (TPSA) is 45.2 Å². The minimum atomic E-state index is -0.114. The van der Waals surface area contributed by atoms with Crippen LogP contribution < -0.4 is 10.2 Å². The van der Waals surface area contributed by atoms with Gasteiger partial charge in [-0.2, -0.15) is 0 Å². The van der Waals surface area contributed by atoms with E-state index in [2.05, 4.69) is 15.2 Å². The summed E-state index contributed by atoms with van der Waals surface area (Å²) in [5.74, 6) is -0.114. The number of anilines is 1. The Kier molecular flexibility index (Phi) is 5.68. The highest BCUT2D eigenvalue weighted by molar-refractivity contribution is 7.17. The average Bonchev–Trinajstić information content (AvgIpc) is 3.12. The van der Waals surface area contributed by atoms with Crippen molar-refractivity contribution >= 4 is 34.5 Å². The molecule has 0 fully saturated rings. The number of nitrogens with zero attached hydrogens (tertiary/aromatic N) is 2. The summed E-state index contributed by atoms with van der Waals surface area (Å²) >= 11 is 7.53. The molecular weight excluding hydrogens is 354 g/mol. The second-order valence-electron chi connectivity index (χ2n) is 5.52. The SMILES string of the molecule is CN(CCNC(=O)c1cnc(-c2ccccc2Cl)s1)c1ccccc1. The van der Waals surface area contributed by atoms with Crippen LogP contribution in [0.4, 0.5) is 5.69 Å². The van der Waals surface area contributed by atoms with Crippen LogP contribution in [-0.2, 0) is 0 Å². The van der Waals surface area contributed by atoms with Gasteiger partial charge in [0.05, 0.1) is 11.2 Å². The Morgan fingerprint density at radius 3 is 2.64 bits per heavy atom. The highest BCUT2D eigenvalue weighted by atomic mass is 35.5. The summed E-state index contributed by atoms with van der Waals surface area (Å²) in [6.07, 6.45) is 1.60. The molecule has 1 N–H and O–H groups in total. The van der Waals surface area contributed by atoms with Crippen LogP contribution >= 0.6 is 22.9 Å². The van der Waals surface area contributed by atoms with Crippen molar-refractivity contribution in [1.29, 1.82) is 0 Å². The summed E-state index contributed by atoms with van der Waals surface area (Å²) in [4.78, 5) is 19.3. The number of amides is 1. The molecule has 1 amide bonds. The van der Waals surface area contributed by atoms with Crippen LogP contribution in [0.2, 0.25) is 5.02 Å². The highest BCUT2D eigenvalue weighted by Gasteiger charge is 2.13. The van der Waals surface area contributed by atoms with Crippen molar-refractivity contribution in [3.8, 4) is 10.6 Å². The number of rotatable bonds is 6. The van der Waals surface area contributed by atoms with Crippen LogP contribution in [0.3, 0.4) is 0 Å². The van der Waals surface area contributed by atoms with E-state index in [9.17, 15) is 4.79 Å². The minimum Gasteiger partial charge on any atom is -0.373 e. The lowest BCUT2D eigenvalue weighted by Crippen LogP contribution is -2.32. The van der Waals surface area contributed by atoms with Crippen LogP contribution in [0.5, 0.6) is 0 Å². The Bertz CT molecular complexity index is 851. The Hall–Kier alpha value is -2.37. The van der Waals surface area contributed by atoms with E-state index in [0.717, 1.165) is 22.8 Å². The number of aromatic nitrogens is 1. The molecule has 0 spiro atoms. The number of carbonyl (C=O) groups is 1. The maximum Gasteiger partial charge on any atom is 0.263 e. The van der Waals surface area contributed by atoms with E-state index < -0.39 is 0 Å². The zero-order chi connectivity index (χ0) is 17.6. The number of thiazole rings is 1. The van der Waals surface area contributed by atoms with Gasteiger partial charge >= 0.3 is 0 Å². The van der Waals surface area contributed by atoms with Gasteiger partial charge in [-0.25, -0.2) is 4.98 Å². The molecule has 0 saturated heterocycles. The predicted molar refractivity (Wildman–Crippen MR) is 105 cm³/mol. The summed E-state index contributed by atoms with van der Waals surface area (Å²) in [6, 6.07) is 17.6. The zero-order valence-corrected chi connectivity index (χ0v) is 15.3. The van der Waals surface area contributed by atoms with E-state index in [-0.39, 0.29) is 5.91 Å². The first-order valence-electron chi connectivity index (χ1n) is 7.90. The Balaban J connectivity index is 1.57. The van der Waals surface area contributed by atoms with Gasteiger partial charge in [-0.3, -0.25) is 4.79 Å². The molecule has 4 nitrogen and oxygen atoms in total. The number of benzene rings is 2. The van der Waals surface area contributed by atoms with Crippen LogP contribution in [0.1, 0.15) is 9.67 Å². The first kappa shape index (κ1) is 17.5. The summed E-state index contributed by atoms with van der Waals surface area (Å²) in [5, 5.41) is 4.32. The van der Waals surface area contributed by atoms with Gasteiger partial charge in [0.25, 0.3) is 5.91 Å². The molecule has 3 rings (SSSR count). The monoisotopic (exact) mass is 371 g/mol. The molecule has 0 radical (unpaired) electrons. The highest BCUT2D eigenvalue weighted by Crippen LogP contribution is 2.30. The lowest BCUT2D eigenvalue weighted by molar-refractivity contribution is 0.0958. The number of hydrogen-bond acceptors (Lipinski definition) is 4. The van der Waals surface area contributed by atoms with Crippen molar-refractivity contribution < 1.29 is 4.79 Å². The fourth-order valence-corrected chi connectivity index (χ4v) is 3.53. The molecule has 0 atom stereocenters. The number of para-hydroxylation sites is 1. The van der Waals surface area contributed by atoms with Gasteiger partial charge in [0.1, 0.15) is 9.88 Å². The zero-order valence-electron chi connectivity index (χ0n) is 13.8. The first-order chi connectivity index (χ1) is 12.1. The molecule has 128 valence electrons. The second-order valence-corrected chi connectivity index (χ2v) is 6.96. The molecule has 0 aliphatic rings. The van der Waals surface area contributed by atoms with Gasteiger partial charge < -0.3 is 10.2 Å². The van der Waals surface area contributed by atoms with Gasteiger partial charge in [0.2, 0.25) is 0 Å². The third-order valence-corrected chi connectivity index (χ3v) is 5.12. The number of carbonyl (C=O) groups excluding carboxylic acids is 1. The lowest BCUT2D eigenvalue weighted by atomic mass is 10.2. The summed E-state index contributed by atoms with van der Waals surface area (Å²) in [6.45, 7) is 1.29. The van der Waals surface area contributed by atoms with Crippen molar-refractivity contribution in [3.05, 3.63) is 70.7 Å². The molecular formula is C19H18ClN3OS. The van der Waals surface area contributed by atoms with Crippen LogP contribution in [0, 0.1) is 0 Å². The number of nitrogens with one attached hydrogen (secondary N) is 1. The van der Waals surface area contributed by atoms with Crippen LogP contribution in [-0.4, -0.2) is 31.0 Å². The fourth-order valence-electron chi connectivity index (χ4n) is 2.37. The van der Waals surface area contributed by atoms with E-state index in [1.165, 1.54) is 11.3 Å². The molecule has 0 unspecified atom stereocenters. The molecule has 1 heterocycles. The van der Waals surface area contributed by atoms with Crippen molar-refractivity contribution in [3.63, 3.8) is 0 Å². The standard InChI is InChI=1S/C19H18ClN3OS/c1-23(14-7-3-2-4-8-14)12-11-21-18(24)17-13-22-19(25-17)15-9-5-6-10-16(15)20/h2-10,13H,11-12H2,1H3,(H,21,24). The summed E-state index contributed by atoms with van der Waals surface area (Å²) in [7, 11) is 2.00. The third kappa shape index (κ3) is 4.38. The molecule has 0 bridgehead atoms. The summed E-state index contributed by atoms with van der Waals surface area (Å²) in [5.41, 5.74) is 1.97. The molecule has 6 heteroatoms. The van der Waals surface area contributed by atoms with E-state index in [1.807, 2.05) is 61.6 Å². The summed E-state index contributed by atoms with van der Waals surface area (Å²) < 4.78 is 0. The molecule has 0 aliphatic heterocycles. The quantitative estimate of drug-likeness (QED) is 0.701. The van der Waals surface area contributed by atoms with Crippen molar-refractivity contribution in [2.45, 2.75) is 0 Å². The minimum absolute atomic E-state index is 0.114. The fraction of sp³-hybridized carbons (Fsp3) is 0.158. The largest absolute Gasteiger partial charge is 0.373 e. The molecule has 0 aliphatic carbocycles. The van der Waals surface area contributed by atoms with Crippen LogP contribution in [0.15, 0.2) is 60.8 Å². The maximum atomic E-state index is 12.3. The third-order valence-electron chi connectivity index (χ3n) is 3.76. The Labute approximate surface area is 156 Å². The number of likely N-dealkylation sites (N-methyl/N-ethyl adjacent to an activating group) is 1. The molecule has 1 aromatic heterocycles. The van der Waals surface area contributed by atoms with E-state index in [1.54, 1.807) is 6.20 Å². The predicted octanol–water partition coefficient (Wildman–Crippen LogP) is 4.33. The van der Waals surface area contributed by atoms with Gasteiger partial charge in [-0.05, 0) is 18.2 Å². The van der Waals surface area contributed by atoms with Gasteiger partial charge in [0.15, 0.2) is 0 Å². The lowest BCUT2D eigenvalue weighted by Gasteiger charge is -2.19. The van der Waals surface area contributed by atoms with Crippen molar-refractivity contribution in [1.82, 2.24) is 10.3 Å². The number of halogens is 1. The molecule has 25 heavy (non-hydrogen) atoms. The van der Waals surface area contributed by atoms with Gasteiger partial charge in [-0.1, -0.05) is 48.0 Å². The normalized spacial score (nSPS) is 10.5. The van der Waals surface area contributed by atoms with Gasteiger partial charge in [0, 0.05) is 31.4 Å². The van der Waals surface area contributed by atoms with E-state index in [0.29, 0.717) is 16.4 Å². The van der Waals surface area contributed by atoms with Crippen molar-refractivity contribution in [2.24, 2.45) is 0 Å². The van der Waals surface area contributed by atoms with Crippen LogP contribution in [0.25, 0.3) is 10.6 Å². The van der Waals surface area contributed by atoms with E-state index in [4.69, 9.17) is 11.6 Å². The van der Waals surface area contributed by atoms with Crippen molar-refractivity contribution in [2.75, 3.05) is 25.0 Å². The van der Waals surface area contributed by atoms with E-state index >= 15 is 0 Å².